The van der Waals surface area contributed by atoms with Crippen LogP contribution in [0.2, 0.25) is 5.02 Å². The lowest BCUT2D eigenvalue weighted by Crippen LogP contribution is -2.42. The fourth-order valence-electron chi connectivity index (χ4n) is 3.20. The Kier molecular flexibility index (Phi) is 7.08. The van der Waals surface area contributed by atoms with Crippen molar-refractivity contribution in [2.24, 2.45) is 5.41 Å². The van der Waals surface area contributed by atoms with Gasteiger partial charge in [-0.05, 0) is 42.2 Å². The summed E-state index contributed by atoms with van der Waals surface area (Å²) in [7, 11) is 0. The molecule has 0 saturated heterocycles. The molecule has 1 amide bonds. The average Bonchev–Trinajstić information content (AvgIpc) is 3.20. The third-order valence-electron chi connectivity index (χ3n) is 5.21. The quantitative estimate of drug-likeness (QED) is 0.551. The summed E-state index contributed by atoms with van der Waals surface area (Å²) in [5, 5.41) is 25.8. The van der Waals surface area contributed by atoms with Crippen LogP contribution in [0.3, 0.4) is 0 Å². The third kappa shape index (κ3) is 5.48. The van der Waals surface area contributed by atoms with Crippen molar-refractivity contribution in [2.75, 3.05) is 6.61 Å². The monoisotopic (exact) mass is 441 g/mol. The number of carbonyl (C=O) groups is 1. The molecule has 3 rings (SSSR count). The molecule has 164 valence electrons. The van der Waals surface area contributed by atoms with Crippen molar-refractivity contribution < 1.29 is 9.90 Å². The largest absolute Gasteiger partial charge is 0.394 e. The van der Waals surface area contributed by atoms with Gasteiger partial charge >= 0.3 is 0 Å². The van der Waals surface area contributed by atoms with Crippen LogP contribution in [0.5, 0.6) is 0 Å². The van der Waals surface area contributed by atoms with Gasteiger partial charge in [0.2, 0.25) is 11.7 Å². The minimum atomic E-state index is -0.839. The zero-order valence-electron chi connectivity index (χ0n) is 18.2. The predicted molar refractivity (Wildman–Crippen MR) is 121 cm³/mol. The summed E-state index contributed by atoms with van der Waals surface area (Å²) in [5.74, 6) is 0.716. The Morgan fingerprint density at radius 2 is 1.84 bits per heavy atom. The van der Waals surface area contributed by atoms with Crippen LogP contribution in [0.1, 0.15) is 50.8 Å². The molecule has 8 heteroatoms. The van der Waals surface area contributed by atoms with Crippen LogP contribution in [0.25, 0.3) is 11.4 Å². The molecule has 1 aromatic heterocycles. The van der Waals surface area contributed by atoms with Crippen LogP contribution >= 0.6 is 11.6 Å². The molecular formula is C23H28ClN5O2. The molecular weight excluding hydrogens is 414 g/mol. The Morgan fingerprint density at radius 3 is 2.45 bits per heavy atom. The van der Waals surface area contributed by atoms with Crippen LogP contribution in [-0.2, 0) is 11.3 Å². The lowest BCUT2D eigenvalue weighted by atomic mass is 9.91. The molecule has 0 spiro atoms. The van der Waals surface area contributed by atoms with E-state index in [0.717, 1.165) is 5.56 Å². The number of nitrogens with zero attached hydrogens (tertiary/aromatic N) is 4. The summed E-state index contributed by atoms with van der Waals surface area (Å²) >= 11 is 6.22. The lowest BCUT2D eigenvalue weighted by molar-refractivity contribution is -0.131. The van der Waals surface area contributed by atoms with Crippen molar-refractivity contribution in [3.05, 3.63) is 64.7 Å². The Hall–Kier alpha value is -2.77. The Morgan fingerprint density at radius 1 is 1.16 bits per heavy atom. The molecule has 2 aromatic carbocycles. The number of tetrazole rings is 1. The van der Waals surface area contributed by atoms with Gasteiger partial charge in [0.05, 0.1) is 24.6 Å². The van der Waals surface area contributed by atoms with E-state index in [1.807, 2.05) is 18.2 Å². The first-order valence-electron chi connectivity index (χ1n) is 10.3. The van der Waals surface area contributed by atoms with Crippen LogP contribution in [-0.4, -0.2) is 37.8 Å². The van der Waals surface area contributed by atoms with Gasteiger partial charge < -0.3 is 10.4 Å². The van der Waals surface area contributed by atoms with E-state index in [2.05, 4.69) is 46.7 Å². The number of carbonyl (C=O) groups excluding carboxylic acids is 1. The van der Waals surface area contributed by atoms with Crippen molar-refractivity contribution in [2.45, 2.75) is 46.2 Å². The minimum Gasteiger partial charge on any atom is -0.394 e. The standard InChI is InChI=1S/C23H28ClN5O2/c1-15(2)16-9-11-17(12-10-16)21-26-28-29(27-21)14-23(3,4)22(31)25-20(13-30)18-7-5-6-8-19(18)24/h5-12,15,20,30H,13-14H2,1-4H3,(H,25,31). The number of aromatic nitrogens is 4. The van der Waals surface area contributed by atoms with Gasteiger partial charge in [0.1, 0.15) is 0 Å². The summed E-state index contributed by atoms with van der Waals surface area (Å²) in [6, 6.07) is 14.6. The summed E-state index contributed by atoms with van der Waals surface area (Å²) in [4.78, 5) is 14.4. The van der Waals surface area contributed by atoms with Crippen molar-refractivity contribution >= 4 is 17.5 Å². The maximum absolute atomic E-state index is 12.9. The van der Waals surface area contributed by atoms with Gasteiger partial charge in [-0.15, -0.1) is 10.2 Å². The highest BCUT2D eigenvalue weighted by Gasteiger charge is 2.31. The molecule has 3 aromatic rings. The molecule has 1 heterocycles. The van der Waals surface area contributed by atoms with Crippen molar-refractivity contribution in [1.82, 2.24) is 25.5 Å². The lowest BCUT2D eigenvalue weighted by Gasteiger charge is -2.26. The van der Waals surface area contributed by atoms with Crippen LogP contribution in [0.15, 0.2) is 48.5 Å². The number of hydrogen-bond acceptors (Lipinski definition) is 5. The predicted octanol–water partition coefficient (Wildman–Crippen LogP) is 3.99. The number of amides is 1. The first kappa shape index (κ1) is 22.9. The summed E-state index contributed by atoms with van der Waals surface area (Å²) in [5.41, 5.74) is 1.94. The van der Waals surface area contributed by atoms with Gasteiger partial charge in [0.25, 0.3) is 0 Å². The van der Waals surface area contributed by atoms with Crippen LogP contribution in [0.4, 0.5) is 0 Å². The van der Waals surface area contributed by atoms with Gasteiger partial charge in [0.15, 0.2) is 0 Å². The number of hydrogen-bond donors (Lipinski definition) is 2. The highest BCUT2D eigenvalue weighted by molar-refractivity contribution is 6.31. The molecule has 0 radical (unpaired) electrons. The van der Waals surface area contributed by atoms with E-state index in [1.54, 1.807) is 32.0 Å². The molecule has 31 heavy (non-hydrogen) atoms. The molecule has 7 nitrogen and oxygen atoms in total. The summed E-state index contributed by atoms with van der Waals surface area (Å²) in [6.07, 6.45) is 0. The Bertz CT molecular complexity index is 1030. The maximum atomic E-state index is 12.9. The smallest absolute Gasteiger partial charge is 0.228 e. The topological polar surface area (TPSA) is 92.9 Å². The Labute approximate surface area is 187 Å². The molecule has 2 N–H and O–H groups in total. The number of halogens is 1. The van der Waals surface area contributed by atoms with E-state index in [1.165, 1.54) is 10.4 Å². The number of aliphatic hydroxyl groups excluding tert-OH is 1. The first-order valence-corrected chi connectivity index (χ1v) is 10.6. The normalized spacial score (nSPS) is 12.7. The first-order chi connectivity index (χ1) is 14.7. The van der Waals surface area contributed by atoms with Crippen molar-refractivity contribution in [1.29, 1.82) is 0 Å². The third-order valence-corrected chi connectivity index (χ3v) is 5.55. The highest BCUT2D eigenvalue weighted by Crippen LogP contribution is 2.25. The molecule has 0 fully saturated rings. The molecule has 1 unspecified atom stereocenters. The molecule has 0 aliphatic carbocycles. The van der Waals surface area contributed by atoms with E-state index >= 15 is 0 Å². The van der Waals surface area contributed by atoms with E-state index < -0.39 is 11.5 Å². The van der Waals surface area contributed by atoms with E-state index in [0.29, 0.717) is 22.3 Å². The van der Waals surface area contributed by atoms with Crippen LogP contribution in [0, 0.1) is 5.41 Å². The van der Waals surface area contributed by atoms with Gasteiger partial charge in [-0.1, -0.05) is 67.9 Å². The second-order valence-corrected chi connectivity index (χ2v) is 8.94. The number of nitrogens with one attached hydrogen (secondary N) is 1. The number of benzene rings is 2. The van der Waals surface area contributed by atoms with Gasteiger partial charge in [-0.25, -0.2) is 0 Å². The second-order valence-electron chi connectivity index (χ2n) is 8.53. The maximum Gasteiger partial charge on any atom is 0.228 e. The van der Waals surface area contributed by atoms with Gasteiger partial charge in [-0.3, -0.25) is 4.79 Å². The molecule has 0 saturated carbocycles. The zero-order chi connectivity index (χ0) is 22.6. The SMILES string of the molecule is CC(C)c1ccc(-c2nnn(CC(C)(C)C(=O)NC(CO)c3ccccc3Cl)n2)cc1. The second kappa shape index (κ2) is 9.58. The van der Waals surface area contributed by atoms with E-state index in [-0.39, 0.29) is 19.1 Å². The Balaban J connectivity index is 1.70. The van der Waals surface area contributed by atoms with Gasteiger partial charge in [-0.2, -0.15) is 4.80 Å². The zero-order valence-corrected chi connectivity index (χ0v) is 19.0. The average molecular weight is 442 g/mol. The molecule has 1 atom stereocenters. The fourth-order valence-corrected chi connectivity index (χ4v) is 3.47. The fraction of sp³-hybridized carbons (Fsp3) is 0.391. The summed E-state index contributed by atoms with van der Waals surface area (Å²) in [6.45, 7) is 7.85. The highest BCUT2D eigenvalue weighted by atomic mass is 35.5. The van der Waals surface area contributed by atoms with Crippen LogP contribution < -0.4 is 5.32 Å². The number of aliphatic hydroxyl groups is 1. The van der Waals surface area contributed by atoms with Crippen molar-refractivity contribution in [3.8, 4) is 11.4 Å². The van der Waals surface area contributed by atoms with Gasteiger partial charge in [0, 0.05) is 10.6 Å². The summed E-state index contributed by atoms with van der Waals surface area (Å²) < 4.78 is 0. The molecule has 0 aliphatic heterocycles. The number of rotatable bonds is 8. The minimum absolute atomic E-state index is 0.233. The van der Waals surface area contributed by atoms with Crippen molar-refractivity contribution in [3.63, 3.8) is 0 Å². The molecule has 0 bridgehead atoms. The van der Waals surface area contributed by atoms with E-state index in [4.69, 9.17) is 11.6 Å². The molecule has 0 aliphatic rings. The van der Waals surface area contributed by atoms with E-state index in [9.17, 15) is 9.90 Å².